The predicted octanol–water partition coefficient (Wildman–Crippen LogP) is 2.44. The minimum absolute atomic E-state index is 0.0266. The van der Waals surface area contributed by atoms with Crippen LogP contribution >= 0.6 is 15.9 Å². The van der Waals surface area contributed by atoms with Gasteiger partial charge in [-0.15, -0.1) is 5.10 Å². The molecule has 8 heteroatoms. The van der Waals surface area contributed by atoms with Gasteiger partial charge in [-0.25, -0.2) is 4.68 Å². The van der Waals surface area contributed by atoms with Crippen LogP contribution in [0.15, 0.2) is 28.9 Å². The van der Waals surface area contributed by atoms with Gasteiger partial charge in [-0.3, -0.25) is 10.1 Å². The summed E-state index contributed by atoms with van der Waals surface area (Å²) in [6.45, 7) is 3.68. The molecule has 0 unspecified atom stereocenters. The van der Waals surface area contributed by atoms with Crippen LogP contribution in [0.25, 0.3) is 5.69 Å². The predicted molar refractivity (Wildman–Crippen MR) is 77.7 cm³/mol. The molecule has 0 amide bonds. The van der Waals surface area contributed by atoms with Crippen molar-refractivity contribution in [1.29, 1.82) is 0 Å². The topological polar surface area (TPSA) is 85.9 Å². The van der Waals surface area contributed by atoms with Crippen LogP contribution in [0, 0.1) is 10.1 Å². The summed E-state index contributed by atoms with van der Waals surface area (Å²) in [5.41, 5.74) is 1.57. The van der Waals surface area contributed by atoms with Crippen LogP contribution in [0.1, 0.15) is 19.0 Å². The smallest absolute Gasteiger partial charge is 0.283 e. The molecule has 106 valence electrons. The van der Waals surface area contributed by atoms with Gasteiger partial charge in [0.1, 0.15) is 0 Å². The molecule has 0 radical (unpaired) electrons. The number of nitro benzene ring substituents is 1. The summed E-state index contributed by atoms with van der Waals surface area (Å²) in [5, 5.41) is 22.1. The number of benzene rings is 1. The molecule has 20 heavy (non-hydrogen) atoms. The van der Waals surface area contributed by atoms with E-state index in [9.17, 15) is 10.1 Å². The van der Waals surface area contributed by atoms with Crippen LogP contribution in [-0.4, -0.2) is 26.5 Å². The van der Waals surface area contributed by atoms with Crippen molar-refractivity contribution < 1.29 is 4.92 Å². The first-order valence-electron chi connectivity index (χ1n) is 6.18. The molecular weight excluding hydrogens is 326 g/mol. The van der Waals surface area contributed by atoms with Gasteiger partial charge in [-0.2, -0.15) is 0 Å². The van der Waals surface area contributed by atoms with E-state index in [2.05, 4.69) is 38.5 Å². The van der Waals surface area contributed by atoms with Gasteiger partial charge >= 0.3 is 0 Å². The lowest BCUT2D eigenvalue weighted by molar-refractivity contribution is -0.385. The van der Waals surface area contributed by atoms with E-state index >= 15 is 0 Å². The molecule has 0 fully saturated rings. The number of nitrogens with zero attached hydrogens (tertiary/aromatic N) is 4. The molecular formula is C12H14BrN5O2. The molecule has 0 saturated heterocycles. The summed E-state index contributed by atoms with van der Waals surface area (Å²) in [5.74, 6) is 0. The molecule has 7 nitrogen and oxygen atoms in total. The third kappa shape index (κ3) is 3.40. The standard InChI is InChI=1S/C12H14BrN5O2/c1-2-5-14-7-9-8-17(16-15-9)10-3-4-12(18(19)20)11(13)6-10/h3-4,6,8,14H,2,5,7H2,1H3. The molecule has 0 spiro atoms. The van der Waals surface area contributed by atoms with E-state index in [0.29, 0.717) is 11.0 Å². The van der Waals surface area contributed by atoms with E-state index in [1.807, 2.05) is 0 Å². The maximum absolute atomic E-state index is 10.8. The molecule has 2 aromatic rings. The van der Waals surface area contributed by atoms with Crippen molar-refractivity contribution in [2.75, 3.05) is 6.54 Å². The van der Waals surface area contributed by atoms with Gasteiger partial charge in [0.2, 0.25) is 0 Å². The third-order valence-corrected chi connectivity index (χ3v) is 3.30. The van der Waals surface area contributed by atoms with Crippen molar-refractivity contribution in [3.05, 3.63) is 44.7 Å². The number of aromatic nitrogens is 3. The Kier molecular flexibility index (Phi) is 4.80. The Bertz CT molecular complexity index is 614. The Morgan fingerprint density at radius 1 is 1.50 bits per heavy atom. The van der Waals surface area contributed by atoms with E-state index in [-0.39, 0.29) is 5.69 Å². The van der Waals surface area contributed by atoms with Crippen molar-refractivity contribution in [2.45, 2.75) is 19.9 Å². The Morgan fingerprint density at radius 2 is 2.30 bits per heavy atom. The molecule has 0 aliphatic carbocycles. The van der Waals surface area contributed by atoms with Gasteiger partial charge in [0.25, 0.3) is 5.69 Å². The van der Waals surface area contributed by atoms with Gasteiger partial charge in [0.15, 0.2) is 0 Å². The zero-order chi connectivity index (χ0) is 14.5. The zero-order valence-electron chi connectivity index (χ0n) is 10.9. The molecule has 2 rings (SSSR count). The highest BCUT2D eigenvalue weighted by atomic mass is 79.9. The number of halogens is 1. The number of rotatable bonds is 6. The first-order valence-corrected chi connectivity index (χ1v) is 6.97. The molecule has 0 atom stereocenters. The first-order chi connectivity index (χ1) is 9.61. The summed E-state index contributed by atoms with van der Waals surface area (Å²) in [4.78, 5) is 10.3. The lowest BCUT2D eigenvalue weighted by Crippen LogP contribution is -2.13. The molecule has 1 N–H and O–H groups in total. The van der Waals surface area contributed by atoms with Crippen molar-refractivity contribution >= 4 is 21.6 Å². The monoisotopic (exact) mass is 339 g/mol. The highest BCUT2D eigenvalue weighted by Crippen LogP contribution is 2.26. The average Bonchev–Trinajstić information content (AvgIpc) is 2.87. The number of nitrogens with one attached hydrogen (secondary N) is 1. The van der Waals surface area contributed by atoms with E-state index in [1.54, 1.807) is 23.0 Å². The second-order valence-electron chi connectivity index (χ2n) is 4.22. The molecule has 0 saturated carbocycles. The average molecular weight is 340 g/mol. The highest BCUT2D eigenvalue weighted by Gasteiger charge is 2.13. The van der Waals surface area contributed by atoms with E-state index in [4.69, 9.17) is 0 Å². The van der Waals surface area contributed by atoms with Gasteiger partial charge in [0.05, 0.1) is 27.0 Å². The summed E-state index contributed by atoms with van der Waals surface area (Å²) >= 11 is 3.19. The fourth-order valence-corrected chi connectivity index (χ4v) is 2.20. The number of hydrogen-bond acceptors (Lipinski definition) is 5. The zero-order valence-corrected chi connectivity index (χ0v) is 12.5. The van der Waals surface area contributed by atoms with Gasteiger partial charge in [0, 0.05) is 12.6 Å². The van der Waals surface area contributed by atoms with Crippen molar-refractivity contribution in [3.8, 4) is 5.69 Å². The lowest BCUT2D eigenvalue weighted by atomic mass is 10.3. The lowest BCUT2D eigenvalue weighted by Gasteiger charge is -2.01. The minimum Gasteiger partial charge on any atom is -0.311 e. The van der Waals surface area contributed by atoms with E-state index in [0.717, 1.165) is 24.3 Å². The normalized spacial score (nSPS) is 10.7. The second kappa shape index (κ2) is 6.58. The van der Waals surface area contributed by atoms with Gasteiger partial charge in [-0.05, 0) is 41.0 Å². The maximum atomic E-state index is 10.8. The Balaban J connectivity index is 2.15. The van der Waals surface area contributed by atoms with Crippen LogP contribution in [0.4, 0.5) is 5.69 Å². The van der Waals surface area contributed by atoms with Crippen LogP contribution in [0.3, 0.4) is 0 Å². The van der Waals surface area contributed by atoms with Crippen LogP contribution < -0.4 is 5.32 Å². The summed E-state index contributed by atoms with van der Waals surface area (Å²) < 4.78 is 2.01. The van der Waals surface area contributed by atoms with Crippen LogP contribution in [0.2, 0.25) is 0 Å². The summed E-state index contributed by atoms with van der Waals surface area (Å²) in [7, 11) is 0. The van der Waals surface area contributed by atoms with E-state index < -0.39 is 4.92 Å². The molecule has 0 aliphatic rings. The van der Waals surface area contributed by atoms with Crippen molar-refractivity contribution in [2.24, 2.45) is 0 Å². The highest BCUT2D eigenvalue weighted by molar-refractivity contribution is 9.10. The minimum atomic E-state index is -0.435. The molecule has 1 aromatic carbocycles. The van der Waals surface area contributed by atoms with Crippen molar-refractivity contribution in [1.82, 2.24) is 20.3 Å². The molecule has 0 aliphatic heterocycles. The van der Waals surface area contributed by atoms with Crippen LogP contribution in [0.5, 0.6) is 0 Å². The number of nitro groups is 1. The van der Waals surface area contributed by atoms with Gasteiger partial charge in [-0.1, -0.05) is 12.1 Å². The number of hydrogen-bond donors (Lipinski definition) is 1. The molecule has 1 aromatic heterocycles. The Morgan fingerprint density at radius 3 is 2.95 bits per heavy atom. The fraction of sp³-hybridized carbons (Fsp3) is 0.333. The molecule has 0 bridgehead atoms. The fourth-order valence-electron chi connectivity index (χ4n) is 1.69. The third-order valence-electron chi connectivity index (χ3n) is 2.67. The molecule has 1 heterocycles. The van der Waals surface area contributed by atoms with Gasteiger partial charge < -0.3 is 5.32 Å². The Hall–Kier alpha value is -1.80. The van der Waals surface area contributed by atoms with E-state index in [1.165, 1.54) is 6.07 Å². The summed E-state index contributed by atoms with van der Waals surface area (Å²) in [6.07, 6.45) is 2.86. The largest absolute Gasteiger partial charge is 0.311 e. The van der Waals surface area contributed by atoms with Crippen LogP contribution in [-0.2, 0) is 6.54 Å². The second-order valence-corrected chi connectivity index (χ2v) is 5.08. The maximum Gasteiger partial charge on any atom is 0.283 e. The Labute approximate surface area is 124 Å². The summed E-state index contributed by atoms with van der Waals surface area (Å²) in [6, 6.07) is 4.73. The first kappa shape index (κ1) is 14.6. The SMILES string of the molecule is CCCNCc1cn(-c2ccc([N+](=O)[O-])c(Br)c2)nn1. The quantitative estimate of drug-likeness (QED) is 0.496. The van der Waals surface area contributed by atoms with Crippen molar-refractivity contribution in [3.63, 3.8) is 0 Å².